The second kappa shape index (κ2) is 5.60. The van der Waals surface area contributed by atoms with Crippen LogP contribution in [0.25, 0.3) is 0 Å². The zero-order valence-corrected chi connectivity index (χ0v) is 8.73. The molecule has 0 saturated heterocycles. The van der Waals surface area contributed by atoms with Crippen molar-refractivity contribution < 1.29 is 9.84 Å². The van der Waals surface area contributed by atoms with Crippen molar-refractivity contribution in [2.45, 2.75) is 32.3 Å². The zero-order chi connectivity index (χ0) is 10.4. The molecule has 1 unspecified atom stereocenters. The standard InChI is InChI=1S/C11H17NO2/c1-3-10(13)7-6-9-5-4-8-12-11(9)14-2/h4-5,8,10,13H,3,6-7H2,1-2H3. The Labute approximate surface area is 84.7 Å². The van der Waals surface area contributed by atoms with Gasteiger partial charge in [0.1, 0.15) is 0 Å². The lowest BCUT2D eigenvalue weighted by atomic mass is 10.1. The van der Waals surface area contributed by atoms with Gasteiger partial charge in [-0.3, -0.25) is 0 Å². The fourth-order valence-corrected chi connectivity index (χ4v) is 1.32. The molecule has 1 aromatic heterocycles. The number of hydrogen-bond acceptors (Lipinski definition) is 3. The Kier molecular flexibility index (Phi) is 4.40. The smallest absolute Gasteiger partial charge is 0.216 e. The van der Waals surface area contributed by atoms with Crippen LogP contribution < -0.4 is 4.74 Å². The van der Waals surface area contributed by atoms with E-state index in [9.17, 15) is 5.11 Å². The van der Waals surface area contributed by atoms with E-state index in [0.29, 0.717) is 5.88 Å². The molecule has 0 saturated carbocycles. The van der Waals surface area contributed by atoms with E-state index in [4.69, 9.17) is 4.74 Å². The average molecular weight is 195 g/mol. The molecule has 14 heavy (non-hydrogen) atoms. The van der Waals surface area contributed by atoms with Crippen molar-refractivity contribution in [2.24, 2.45) is 0 Å². The molecule has 0 aromatic carbocycles. The monoisotopic (exact) mass is 195 g/mol. The highest BCUT2D eigenvalue weighted by molar-refractivity contribution is 5.25. The Morgan fingerprint density at radius 2 is 2.36 bits per heavy atom. The van der Waals surface area contributed by atoms with Crippen LogP contribution in [0.3, 0.4) is 0 Å². The predicted octanol–water partition coefficient (Wildman–Crippen LogP) is 1.79. The van der Waals surface area contributed by atoms with Crippen LogP contribution in [0.1, 0.15) is 25.3 Å². The van der Waals surface area contributed by atoms with Gasteiger partial charge in [-0.15, -0.1) is 0 Å². The second-order valence-electron chi connectivity index (χ2n) is 3.27. The van der Waals surface area contributed by atoms with Gasteiger partial charge in [0.15, 0.2) is 0 Å². The van der Waals surface area contributed by atoms with Gasteiger partial charge in [-0.25, -0.2) is 4.98 Å². The molecule has 0 amide bonds. The number of methoxy groups -OCH3 is 1. The summed E-state index contributed by atoms with van der Waals surface area (Å²) in [7, 11) is 1.61. The predicted molar refractivity (Wildman–Crippen MR) is 55.4 cm³/mol. The molecular weight excluding hydrogens is 178 g/mol. The topological polar surface area (TPSA) is 42.4 Å². The molecule has 3 nitrogen and oxygen atoms in total. The van der Waals surface area contributed by atoms with E-state index in [1.807, 2.05) is 19.1 Å². The van der Waals surface area contributed by atoms with Gasteiger partial charge in [0.25, 0.3) is 0 Å². The van der Waals surface area contributed by atoms with Crippen LogP contribution >= 0.6 is 0 Å². The molecule has 0 aliphatic heterocycles. The first-order valence-corrected chi connectivity index (χ1v) is 4.93. The summed E-state index contributed by atoms with van der Waals surface area (Å²) in [5.41, 5.74) is 1.06. The zero-order valence-electron chi connectivity index (χ0n) is 8.73. The molecule has 0 aliphatic rings. The lowest BCUT2D eigenvalue weighted by Gasteiger charge is -2.09. The molecule has 78 valence electrons. The Balaban J connectivity index is 2.57. The highest BCUT2D eigenvalue weighted by Crippen LogP contribution is 2.16. The van der Waals surface area contributed by atoms with Gasteiger partial charge in [0.05, 0.1) is 13.2 Å². The summed E-state index contributed by atoms with van der Waals surface area (Å²) < 4.78 is 5.12. The highest BCUT2D eigenvalue weighted by Gasteiger charge is 2.06. The molecule has 1 aromatic rings. The number of pyridine rings is 1. The number of rotatable bonds is 5. The number of aliphatic hydroxyl groups is 1. The molecule has 0 spiro atoms. The van der Waals surface area contributed by atoms with Crippen LogP contribution in [0, 0.1) is 0 Å². The first kappa shape index (κ1) is 11.0. The van der Waals surface area contributed by atoms with Gasteiger partial charge in [0.2, 0.25) is 5.88 Å². The van der Waals surface area contributed by atoms with Gasteiger partial charge < -0.3 is 9.84 Å². The fourth-order valence-electron chi connectivity index (χ4n) is 1.32. The second-order valence-corrected chi connectivity index (χ2v) is 3.27. The maximum absolute atomic E-state index is 9.42. The molecule has 1 N–H and O–H groups in total. The van der Waals surface area contributed by atoms with Crippen LogP contribution in [-0.2, 0) is 6.42 Å². The number of nitrogens with zero attached hydrogens (tertiary/aromatic N) is 1. The van der Waals surface area contributed by atoms with Crippen LogP contribution in [-0.4, -0.2) is 23.3 Å². The van der Waals surface area contributed by atoms with Crippen molar-refractivity contribution in [1.82, 2.24) is 4.98 Å². The van der Waals surface area contributed by atoms with Crippen molar-refractivity contribution in [3.63, 3.8) is 0 Å². The SMILES string of the molecule is CCC(O)CCc1cccnc1OC. The van der Waals surface area contributed by atoms with Crippen molar-refractivity contribution >= 4 is 0 Å². The lowest BCUT2D eigenvalue weighted by molar-refractivity contribution is 0.160. The number of ether oxygens (including phenoxy) is 1. The summed E-state index contributed by atoms with van der Waals surface area (Å²) in [6, 6.07) is 3.87. The third-order valence-electron chi connectivity index (χ3n) is 2.26. The third-order valence-corrected chi connectivity index (χ3v) is 2.26. The van der Waals surface area contributed by atoms with E-state index in [0.717, 1.165) is 24.8 Å². The third kappa shape index (κ3) is 3.00. The van der Waals surface area contributed by atoms with Gasteiger partial charge in [-0.2, -0.15) is 0 Å². The minimum atomic E-state index is -0.222. The molecule has 0 aliphatic carbocycles. The highest BCUT2D eigenvalue weighted by atomic mass is 16.5. The van der Waals surface area contributed by atoms with Crippen LogP contribution in [0.4, 0.5) is 0 Å². The van der Waals surface area contributed by atoms with Crippen LogP contribution in [0.2, 0.25) is 0 Å². The van der Waals surface area contributed by atoms with Crippen molar-refractivity contribution in [2.75, 3.05) is 7.11 Å². The quantitative estimate of drug-likeness (QED) is 0.779. The van der Waals surface area contributed by atoms with Crippen molar-refractivity contribution in [3.05, 3.63) is 23.9 Å². The summed E-state index contributed by atoms with van der Waals surface area (Å²) in [5.74, 6) is 0.663. The minimum absolute atomic E-state index is 0.222. The Hall–Kier alpha value is -1.09. The Morgan fingerprint density at radius 3 is 3.00 bits per heavy atom. The molecule has 0 bridgehead atoms. The Bertz CT molecular complexity index is 276. The van der Waals surface area contributed by atoms with Gasteiger partial charge in [0, 0.05) is 11.8 Å². The normalized spacial score (nSPS) is 12.5. The van der Waals surface area contributed by atoms with Crippen molar-refractivity contribution in [3.8, 4) is 5.88 Å². The molecular formula is C11H17NO2. The van der Waals surface area contributed by atoms with E-state index in [-0.39, 0.29) is 6.10 Å². The molecule has 0 fully saturated rings. The fraction of sp³-hybridized carbons (Fsp3) is 0.545. The van der Waals surface area contributed by atoms with E-state index < -0.39 is 0 Å². The molecule has 1 rings (SSSR count). The van der Waals surface area contributed by atoms with Crippen molar-refractivity contribution in [1.29, 1.82) is 0 Å². The Morgan fingerprint density at radius 1 is 1.57 bits per heavy atom. The number of aromatic nitrogens is 1. The van der Waals surface area contributed by atoms with E-state index in [2.05, 4.69) is 4.98 Å². The molecule has 1 heterocycles. The van der Waals surface area contributed by atoms with E-state index in [1.165, 1.54) is 0 Å². The maximum atomic E-state index is 9.42. The number of aryl methyl sites for hydroxylation is 1. The summed E-state index contributed by atoms with van der Waals surface area (Å²) in [6.45, 7) is 1.98. The number of aliphatic hydroxyl groups excluding tert-OH is 1. The lowest BCUT2D eigenvalue weighted by Crippen LogP contribution is -2.06. The summed E-state index contributed by atoms with van der Waals surface area (Å²) in [6.07, 6.45) is 3.85. The first-order valence-electron chi connectivity index (χ1n) is 4.93. The van der Waals surface area contributed by atoms with E-state index in [1.54, 1.807) is 13.3 Å². The molecule has 3 heteroatoms. The summed E-state index contributed by atoms with van der Waals surface area (Å²) in [4.78, 5) is 4.10. The summed E-state index contributed by atoms with van der Waals surface area (Å²) >= 11 is 0. The molecule has 1 atom stereocenters. The largest absolute Gasteiger partial charge is 0.481 e. The average Bonchev–Trinajstić information content (AvgIpc) is 2.26. The van der Waals surface area contributed by atoms with Crippen LogP contribution in [0.15, 0.2) is 18.3 Å². The van der Waals surface area contributed by atoms with Gasteiger partial charge >= 0.3 is 0 Å². The van der Waals surface area contributed by atoms with Gasteiger partial charge in [-0.1, -0.05) is 13.0 Å². The van der Waals surface area contributed by atoms with Crippen LogP contribution in [0.5, 0.6) is 5.88 Å². The maximum Gasteiger partial charge on any atom is 0.216 e. The minimum Gasteiger partial charge on any atom is -0.481 e. The first-order chi connectivity index (χ1) is 6.77. The number of hydrogen-bond donors (Lipinski definition) is 1. The van der Waals surface area contributed by atoms with Gasteiger partial charge in [-0.05, 0) is 25.3 Å². The molecule has 0 radical (unpaired) electrons. The summed E-state index contributed by atoms with van der Waals surface area (Å²) in [5, 5.41) is 9.42. The van der Waals surface area contributed by atoms with E-state index >= 15 is 0 Å².